The van der Waals surface area contributed by atoms with Gasteiger partial charge in [-0.3, -0.25) is 9.69 Å². The summed E-state index contributed by atoms with van der Waals surface area (Å²) in [6.07, 6.45) is 3.72. The highest BCUT2D eigenvalue weighted by Gasteiger charge is 2.25. The molecular weight excluding hydrogens is 394 g/mol. The van der Waals surface area contributed by atoms with Gasteiger partial charge in [-0.15, -0.1) is 0 Å². The molecule has 0 N–H and O–H groups in total. The molecule has 1 saturated heterocycles. The maximum absolute atomic E-state index is 13.1. The van der Waals surface area contributed by atoms with Crippen LogP contribution in [0.2, 0.25) is 0 Å². The molecule has 3 rings (SSSR count). The number of methoxy groups -OCH3 is 2. The molecule has 0 radical (unpaired) electrons. The highest BCUT2D eigenvalue weighted by Crippen LogP contribution is 2.22. The smallest absolute Gasteiger partial charge is 0.337 e. The quantitative estimate of drug-likeness (QED) is 0.544. The van der Waals surface area contributed by atoms with E-state index in [-0.39, 0.29) is 5.78 Å². The van der Waals surface area contributed by atoms with Crippen molar-refractivity contribution in [2.45, 2.75) is 6.92 Å². The van der Waals surface area contributed by atoms with Crippen LogP contribution < -0.4 is 0 Å². The van der Waals surface area contributed by atoms with Crippen molar-refractivity contribution in [3.05, 3.63) is 81.9 Å². The summed E-state index contributed by atoms with van der Waals surface area (Å²) in [6.45, 7) is 3.99. The maximum atomic E-state index is 13.1. The van der Waals surface area contributed by atoms with E-state index in [1.54, 1.807) is 48.5 Å². The summed E-state index contributed by atoms with van der Waals surface area (Å²) in [4.78, 5) is 38.5. The van der Waals surface area contributed by atoms with Gasteiger partial charge in [-0.25, -0.2) is 9.59 Å². The van der Waals surface area contributed by atoms with Crippen LogP contribution in [0.1, 0.15) is 38.8 Å². The first-order valence-corrected chi connectivity index (χ1v) is 10.00. The van der Waals surface area contributed by atoms with E-state index in [4.69, 9.17) is 9.47 Å². The molecule has 0 spiro atoms. The fraction of sp³-hybridized carbons (Fsp3) is 0.240. The topological polar surface area (TPSA) is 72.9 Å². The van der Waals surface area contributed by atoms with Crippen molar-refractivity contribution < 1.29 is 23.9 Å². The number of ketones is 1. The van der Waals surface area contributed by atoms with Gasteiger partial charge in [-0.05, 0) is 54.1 Å². The molecule has 0 atom stereocenters. The zero-order valence-electron chi connectivity index (χ0n) is 17.9. The number of hydrogen-bond acceptors (Lipinski definition) is 6. The minimum Gasteiger partial charge on any atom is -0.465 e. The molecule has 1 heterocycles. The number of rotatable bonds is 5. The van der Waals surface area contributed by atoms with Crippen LogP contribution in [-0.2, 0) is 14.3 Å². The molecule has 0 bridgehead atoms. The first kappa shape index (κ1) is 22.2. The third kappa shape index (κ3) is 5.35. The first-order valence-electron chi connectivity index (χ1n) is 10.00. The number of Topliss-reactive ketones (excluding diaryl/α,β-unsaturated/α-hetero) is 1. The summed E-state index contributed by atoms with van der Waals surface area (Å²) >= 11 is 0. The number of hydrogen-bond donors (Lipinski definition) is 0. The number of nitrogens with zero attached hydrogens (tertiary/aromatic N) is 1. The number of piperidine rings is 1. The average Bonchev–Trinajstić information content (AvgIpc) is 2.81. The van der Waals surface area contributed by atoms with Crippen LogP contribution >= 0.6 is 0 Å². The summed E-state index contributed by atoms with van der Waals surface area (Å²) in [6, 6.07) is 13.9. The maximum Gasteiger partial charge on any atom is 0.337 e. The van der Waals surface area contributed by atoms with E-state index in [1.807, 2.05) is 12.2 Å². The lowest BCUT2D eigenvalue weighted by molar-refractivity contribution is -0.113. The van der Waals surface area contributed by atoms with E-state index in [0.29, 0.717) is 35.4 Å². The molecule has 6 heteroatoms. The number of likely N-dealkylation sites (N-methyl/N-ethyl adjacent to an activating group) is 1. The zero-order valence-corrected chi connectivity index (χ0v) is 17.9. The SMILES string of the molecule is CCN1CC(=Cc2ccc(C(=O)OC)cc2)C(=O)C(=Cc2ccc(C(=O)OC)cc2)C1. The van der Waals surface area contributed by atoms with Crippen LogP contribution in [0, 0.1) is 0 Å². The molecule has 0 unspecified atom stereocenters. The van der Waals surface area contributed by atoms with Crippen molar-refractivity contribution in [1.82, 2.24) is 4.90 Å². The molecule has 31 heavy (non-hydrogen) atoms. The van der Waals surface area contributed by atoms with Crippen molar-refractivity contribution in [2.75, 3.05) is 33.9 Å². The summed E-state index contributed by atoms with van der Waals surface area (Å²) < 4.78 is 9.44. The summed E-state index contributed by atoms with van der Waals surface area (Å²) in [5.41, 5.74) is 4.00. The molecular formula is C25H25NO5. The second-order valence-corrected chi connectivity index (χ2v) is 7.20. The molecule has 0 aromatic heterocycles. The van der Waals surface area contributed by atoms with E-state index in [1.165, 1.54) is 14.2 Å². The van der Waals surface area contributed by atoms with Crippen LogP contribution in [0.3, 0.4) is 0 Å². The zero-order chi connectivity index (χ0) is 22.4. The molecule has 0 amide bonds. The molecule has 6 nitrogen and oxygen atoms in total. The van der Waals surface area contributed by atoms with E-state index in [9.17, 15) is 14.4 Å². The molecule has 2 aromatic carbocycles. The highest BCUT2D eigenvalue weighted by atomic mass is 16.5. The molecule has 1 aliphatic rings. The van der Waals surface area contributed by atoms with Crippen LogP contribution in [0.4, 0.5) is 0 Å². The summed E-state index contributed by atoms with van der Waals surface area (Å²) in [7, 11) is 2.68. The Hall–Kier alpha value is -3.51. The lowest BCUT2D eigenvalue weighted by Gasteiger charge is -2.28. The number of likely N-dealkylation sites (tertiary alicyclic amines) is 1. The van der Waals surface area contributed by atoms with Crippen LogP contribution in [0.15, 0.2) is 59.7 Å². The van der Waals surface area contributed by atoms with Gasteiger partial charge in [-0.1, -0.05) is 31.2 Å². The minimum atomic E-state index is -0.395. The van der Waals surface area contributed by atoms with Crippen molar-refractivity contribution in [1.29, 1.82) is 0 Å². The van der Waals surface area contributed by atoms with Gasteiger partial charge in [0.05, 0.1) is 25.3 Å². The number of esters is 2. The molecule has 0 aliphatic carbocycles. The number of carbonyl (C=O) groups excluding carboxylic acids is 3. The van der Waals surface area contributed by atoms with Gasteiger partial charge in [0.15, 0.2) is 5.78 Å². The van der Waals surface area contributed by atoms with Gasteiger partial charge >= 0.3 is 11.9 Å². The van der Waals surface area contributed by atoms with Gasteiger partial charge in [0.2, 0.25) is 0 Å². The van der Waals surface area contributed by atoms with Crippen molar-refractivity contribution in [2.24, 2.45) is 0 Å². The first-order chi connectivity index (χ1) is 14.9. The predicted octanol–water partition coefficient (Wildman–Crippen LogP) is 3.63. The number of benzene rings is 2. The monoisotopic (exact) mass is 419 g/mol. The molecule has 2 aromatic rings. The van der Waals surface area contributed by atoms with Gasteiger partial charge in [-0.2, -0.15) is 0 Å². The van der Waals surface area contributed by atoms with Crippen LogP contribution in [-0.4, -0.2) is 56.5 Å². The highest BCUT2D eigenvalue weighted by molar-refractivity contribution is 6.14. The average molecular weight is 419 g/mol. The minimum absolute atomic E-state index is 0.00112. The Morgan fingerprint density at radius 3 is 1.52 bits per heavy atom. The van der Waals surface area contributed by atoms with E-state index in [2.05, 4.69) is 11.8 Å². The van der Waals surface area contributed by atoms with Crippen molar-refractivity contribution in [3.63, 3.8) is 0 Å². The molecule has 0 saturated carbocycles. The van der Waals surface area contributed by atoms with Crippen LogP contribution in [0.5, 0.6) is 0 Å². The van der Waals surface area contributed by atoms with Gasteiger partial charge in [0.25, 0.3) is 0 Å². The third-order valence-corrected chi connectivity index (χ3v) is 5.16. The van der Waals surface area contributed by atoms with Gasteiger partial charge in [0.1, 0.15) is 0 Å². The standard InChI is InChI=1S/C25H25NO5/c1-4-26-15-21(13-17-5-9-19(10-6-17)24(28)30-2)23(27)22(16-26)14-18-7-11-20(12-8-18)25(29)31-3/h5-14H,4,15-16H2,1-3H3. The Labute approximate surface area is 181 Å². The van der Waals surface area contributed by atoms with E-state index >= 15 is 0 Å². The Balaban J connectivity index is 1.87. The third-order valence-electron chi connectivity index (χ3n) is 5.16. The predicted molar refractivity (Wildman–Crippen MR) is 119 cm³/mol. The van der Waals surface area contributed by atoms with Crippen molar-refractivity contribution in [3.8, 4) is 0 Å². The van der Waals surface area contributed by atoms with E-state index in [0.717, 1.165) is 17.7 Å². The van der Waals surface area contributed by atoms with Gasteiger partial charge < -0.3 is 9.47 Å². The summed E-state index contributed by atoms with van der Waals surface area (Å²) in [5.74, 6) is -0.791. The van der Waals surface area contributed by atoms with Crippen molar-refractivity contribution >= 4 is 29.9 Å². The summed E-state index contributed by atoms with van der Waals surface area (Å²) in [5, 5.41) is 0. The Kier molecular flexibility index (Phi) is 7.15. The Morgan fingerprint density at radius 2 is 1.19 bits per heavy atom. The fourth-order valence-corrected chi connectivity index (χ4v) is 3.40. The second kappa shape index (κ2) is 10.00. The fourth-order valence-electron chi connectivity index (χ4n) is 3.40. The van der Waals surface area contributed by atoms with Crippen LogP contribution in [0.25, 0.3) is 12.2 Å². The Bertz CT molecular complexity index is 951. The number of ether oxygens (including phenoxy) is 2. The van der Waals surface area contributed by atoms with E-state index < -0.39 is 11.9 Å². The molecule has 1 aliphatic heterocycles. The van der Waals surface area contributed by atoms with Gasteiger partial charge in [0, 0.05) is 24.2 Å². The number of carbonyl (C=O) groups is 3. The molecule has 160 valence electrons. The largest absolute Gasteiger partial charge is 0.465 e. The lowest BCUT2D eigenvalue weighted by atomic mass is 9.94. The second-order valence-electron chi connectivity index (χ2n) is 7.20. The normalized spacial score (nSPS) is 17.1. The molecule has 1 fully saturated rings. The lowest BCUT2D eigenvalue weighted by Crippen LogP contribution is -2.37. The Morgan fingerprint density at radius 1 is 0.806 bits per heavy atom.